The molecule has 16 heavy (non-hydrogen) atoms. The van der Waals surface area contributed by atoms with Crippen molar-refractivity contribution < 1.29 is 0 Å². The summed E-state index contributed by atoms with van der Waals surface area (Å²) in [6.45, 7) is 1.86. The van der Waals surface area contributed by atoms with Gasteiger partial charge in [0.05, 0.1) is 15.7 Å². The number of benzene rings is 1. The van der Waals surface area contributed by atoms with Crippen molar-refractivity contribution in [1.82, 2.24) is 9.97 Å². The maximum Gasteiger partial charge on any atom is 0.345 e. The summed E-state index contributed by atoms with van der Waals surface area (Å²) in [6, 6.07) is 5.20. The Hall–Kier alpha value is -1.32. The molecular weight excluding hydrogens is 247 g/mol. The summed E-state index contributed by atoms with van der Waals surface area (Å²) in [5.74, 6) is 0. The molecule has 0 amide bonds. The molecule has 1 N–H and O–H groups in total. The Bertz CT molecular complexity index is 593. The largest absolute Gasteiger partial charge is 0.345 e. The van der Waals surface area contributed by atoms with Gasteiger partial charge in [-0.15, -0.1) is 0 Å². The zero-order valence-electron chi connectivity index (χ0n) is 8.42. The number of hydrogen-bond donors (Lipinski definition) is 1. The molecule has 3 nitrogen and oxygen atoms in total. The molecule has 0 saturated heterocycles. The summed E-state index contributed by atoms with van der Waals surface area (Å²) in [5.41, 5.74) is 2.01. The molecule has 2 aromatic rings. The fourth-order valence-corrected chi connectivity index (χ4v) is 1.71. The molecule has 0 fully saturated rings. The third-order valence-electron chi connectivity index (χ3n) is 2.21. The molecule has 1 heterocycles. The third-order valence-corrected chi connectivity index (χ3v) is 2.95. The van der Waals surface area contributed by atoms with Gasteiger partial charge in [0.1, 0.15) is 0 Å². The van der Waals surface area contributed by atoms with E-state index in [0.29, 0.717) is 15.7 Å². The van der Waals surface area contributed by atoms with Crippen LogP contribution in [0.1, 0.15) is 5.56 Å². The minimum absolute atomic E-state index is 0.383. The van der Waals surface area contributed by atoms with Crippen LogP contribution in [-0.4, -0.2) is 9.97 Å². The van der Waals surface area contributed by atoms with E-state index < -0.39 is 0 Å². The first kappa shape index (κ1) is 11.2. The van der Waals surface area contributed by atoms with Crippen LogP contribution in [-0.2, 0) is 0 Å². The lowest BCUT2D eigenvalue weighted by Crippen LogP contribution is -2.11. The Morgan fingerprint density at radius 2 is 2.00 bits per heavy atom. The Morgan fingerprint density at radius 1 is 1.25 bits per heavy atom. The molecule has 0 aliphatic heterocycles. The first-order chi connectivity index (χ1) is 7.58. The van der Waals surface area contributed by atoms with E-state index in [1.165, 1.54) is 6.20 Å². The van der Waals surface area contributed by atoms with Gasteiger partial charge in [-0.25, -0.2) is 9.78 Å². The summed E-state index contributed by atoms with van der Waals surface area (Å²) in [7, 11) is 0. The van der Waals surface area contributed by atoms with Crippen LogP contribution in [0.15, 0.2) is 29.2 Å². The van der Waals surface area contributed by atoms with Crippen LogP contribution in [0.3, 0.4) is 0 Å². The Kier molecular flexibility index (Phi) is 2.99. The van der Waals surface area contributed by atoms with Crippen molar-refractivity contribution in [2.24, 2.45) is 0 Å². The number of aromatic nitrogens is 2. The molecule has 0 spiro atoms. The zero-order chi connectivity index (χ0) is 11.7. The summed E-state index contributed by atoms with van der Waals surface area (Å²) < 4.78 is 0. The zero-order valence-corrected chi connectivity index (χ0v) is 9.93. The fourth-order valence-electron chi connectivity index (χ4n) is 1.41. The fraction of sp³-hybridized carbons (Fsp3) is 0.0909. The minimum atomic E-state index is -0.383. The Labute approximate surface area is 102 Å². The first-order valence-corrected chi connectivity index (χ1v) is 5.35. The minimum Gasteiger partial charge on any atom is -0.305 e. The molecule has 1 aromatic carbocycles. The average Bonchev–Trinajstić information content (AvgIpc) is 2.26. The third kappa shape index (κ3) is 2.10. The van der Waals surface area contributed by atoms with Gasteiger partial charge in [0.2, 0.25) is 0 Å². The van der Waals surface area contributed by atoms with Crippen LogP contribution in [0.5, 0.6) is 0 Å². The summed E-state index contributed by atoms with van der Waals surface area (Å²) in [4.78, 5) is 17.4. The molecule has 0 atom stereocenters. The molecule has 0 saturated carbocycles. The standard InChI is InChI=1S/C11H8Cl2N2O/c1-6-5-14-11(16)15-10(6)7-2-3-8(12)9(13)4-7/h2-5H,1H3,(H,14,15,16). The number of nitrogens with one attached hydrogen (secondary N) is 1. The van der Waals surface area contributed by atoms with Gasteiger partial charge in [0.15, 0.2) is 0 Å². The van der Waals surface area contributed by atoms with Crippen LogP contribution in [0.4, 0.5) is 0 Å². The second kappa shape index (κ2) is 4.28. The van der Waals surface area contributed by atoms with Crippen molar-refractivity contribution in [2.45, 2.75) is 6.92 Å². The maximum atomic E-state index is 11.1. The van der Waals surface area contributed by atoms with Gasteiger partial charge in [-0.2, -0.15) is 0 Å². The van der Waals surface area contributed by atoms with Crippen molar-refractivity contribution in [1.29, 1.82) is 0 Å². The number of aromatic amines is 1. The van der Waals surface area contributed by atoms with Crippen LogP contribution in [0, 0.1) is 6.92 Å². The van der Waals surface area contributed by atoms with Crippen LogP contribution in [0.2, 0.25) is 10.0 Å². The second-order valence-corrected chi connectivity index (χ2v) is 4.19. The van der Waals surface area contributed by atoms with E-state index in [9.17, 15) is 4.79 Å². The molecule has 0 radical (unpaired) electrons. The van der Waals surface area contributed by atoms with Gasteiger partial charge < -0.3 is 4.98 Å². The van der Waals surface area contributed by atoms with Crippen LogP contribution >= 0.6 is 23.2 Å². The van der Waals surface area contributed by atoms with Gasteiger partial charge in [0.25, 0.3) is 0 Å². The van der Waals surface area contributed by atoms with Crippen molar-refractivity contribution in [3.05, 3.63) is 50.5 Å². The number of aryl methyl sites for hydroxylation is 1. The smallest absolute Gasteiger partial charge is 0.305 e. The number of hydrogen-bond acceptors (Lipinski definition) is 2. The van der Waals surface area contributed by atoms with E-state index in [1.54, 1.807) is 18.2 Å². The lowest BCUT2D eigenvalue weighted by Gasteiger charge is -2.05. The molecule has 0 aliphatic rings. The molecule has 82 valence electrons. The molecule has 1 aromatic heterocycles. The van der Waals surface area contributed by atoms with E-state index in [-0.39, 0.29) is 5.69 Å². The monoisotopic (exact) mass is 254 g/mol. The van der Waals surface area contributed by atoms with E-state index in [1.807, 2.05) is 6.92 Å². The first-order valence-electron chi connectivity index (χ1n) is 4.59. The summed E-state index contributed by atoms with van der Waals surface area (Å²) in [5, 5.41) is 0.940. The second-order valence-electron chi connectivity index (χ2n) is 3.38. The number of rotatable bonds is 1. The predicted molar refractivity (Wildman–Crippen MR) is 65.1 cm³/mol. The van der Waals surface area contributed by atoms with Crippen molar-refractivity contribution in [3.8, 4) is 11.3 Å². The molecule has 2 rings (SSSR count). The van der Waals surface area contributed by atoms with E-state index in [2.05, 4.69) is 9.97 Å². The van der Waals surface area contributed by atoms with Gasteiger partial charge in [-0.05, 0) is 30.2 Å². The molecular formula is C11H8Cl2N2O. The van der Waals surface area contributed by atoms with E-state index >= 15 is 0 Å². The Balaban J connectivity index is 2.62. The summed E-state index contributed by atoms with van der Waals surface area (Å²) in [6.07, 6.45) is 1.52. The average molecular weight is 255 g/mol. The number of H-pyrrole nitrogens is 1. The SMILES string of the molecule is Cc1cnc(=O)[nH]c1-c1ccc(Cl)c(Cl)c1. The molecule has 0 bridgehead atoms. The van der Waals surface area contributed by atoms with Crippen LogP contribution in [0.25, 0.3) is 11.3 Å². The normalized spacial score (nSPS) is 10.4. The van der Waals surface area contributed by atoms with Gasteiger partial charge >= 0.3 is 5.69 Å². The number of nitrogens with zero attached hydrogens (tertiary/aromatic N) is 1. The lowest BCUT2D eigenvalue weighted by atomic mass is 10.1. The quantitative estimate of drug-likeness (QED) is 0.851. The molecule has 5 heteroatoms. The Morgan fingerprint density at radius 3 is 2.69 bits per heavy atom. The van der Waals surface area contributed by atoms with Crippen molar-refractivity contribution >= 4 is 23.2 Å². The van der Waals surface area contributed by atoms with E-state index in [4.69, 9.17) is 23.2 Å². The van der Waals surface area contributed by atoms with Gasteiger partial charge in [0, 0.05) is 6.20 Å². The van der Waals surface area contributed by atoms with Crippen molar-refractivity contribution in [2.75, 3.05) is 0 Å². The highest BCUT2D eigenvalue weighted by Gasteiger charge is 2.06. The molecule has 0 aliphatic carbocycles. The van der Waals surface area contributed by atoms with Crippen molar-refractivity contribution in [3.63, 3.8) is 0 Å². The highest BCUT2D eigenvalue weighted by Crippen LogP contribution is 2.28. The maximum absolute atomic E-state index is 11.1. The van der Waals surface area contributed by atoms with Gasteiger partial charge in [-0.1, -0.05) is 29.3 Å². The van der Waals surface area contributed by atoms with Crippen LogP contribution < -0.4 is 5.69 Å². The topological polar surface area (TPSA) is 45.8 Å². The highest BCUT2D eigenvalue weighted by molar-refractivity contribution is 6.42. The molecule has 0 unspecified atom stereocenters. The lowest BCUT2D eigenvalue weighted by molar-refractivity contribution is 1.06. The van der Waals surface area contributed by atoms with E-state index in [0.717, 1.165) is 11.1 Å². The number of halogens is 2. The summed E-state index contributed by atoms with van der Waals surface area (Å²) >= 11 is 11.7. The highest BCUT2D eigenvalue weighted by atomic mass is 35.5. The predicted octanol–water partition coefficient (Wildman–Crippen LogP) is 3.05. The van der Waals surface area contributed by atoms with Gasteiger partial charge in [-0.3, -0.25) is 0 Å².